The first-order valence-corrected chi connectivity index (χ1v) is 6.55. The van der Waals surface area contributed by atoms with Crippen LogP contribution in [0, 0.1) is 6.92 Å². The summed E-state index contributed by atoms with van der Waals surface area (Å²) in [7, 11) is 3.86. The lowest BCUT2D eigenvalue weighted by Gasteiger charge is -2.07. The van der Waals surface area contributed by atoms with Gasteiger partial charge in [-0.2, -0.15) is 5.10 Å². The molecule has 1 aromatic carbocycles. The molecule has 0 saturated carbocycles. The maximum atomic E-state index is 5.75. The van der Waals surface area contributed by atoms with Gasteiger partial charge in [0.2, 0.25) is 5.88 Å². The number of ether oxygens (including phenoxy) is 1. The number of nitrogens with zero attached hydrogens (tertiary/aromatic N) is 2. The Hall–Kier alpha value is -1.81. The van der Waals surface area contributed by atoms with Crippen molar-refractivity contribution >= 4 is 0 Å². The maximum absolute atomic E-state index is 5.75. The number of aryl methyl sites for hydroxylation is 2. The van der Waals surface area contributed by atoms with E-state index in [4.69, 9.17) is 4.74 Å². The predicted octanol–water partition coefficient (Wildman–Crippen LogP) is 2.07. The molecule has 0 amide bonds. The third kappa shape index (κ3) is 3.83. The third-order valence-electron chi connectivity index (χ3n) is 3.03. The Balaban J connectivity index is 1.91. The maximum Gasteiger partial charge on any atom is 0.212 e. The topological polar surface area (TPSA) is 39.1 Å². The standard InChI is InChI=1S/C15H21N3O/c1-12-10-15(18(3)17-12)19-11-14-6-4-13(5-7-14)8-9-16-2/h4-7,10,16H,8-9,11H2,1-3H3. The van der Waals surface area contributed by atoms with Gasteiger partial charge in [-0.25, -0.2) is 4.68 Å². The molecule has 1 heterocycles. The summed E-state index contributed by atoms with van der Waals surface area (Å²) in [6, 6.07) is 10.5. The molecule has 0 aliphatic carbocycles. The Kier molecular flexibility index (Phi) is 4.58. The average molecular weight is 259 g/mol. The van der Waals surface area contributed by atoms with Crippen LogP contribution in [-0.4, -0.2) is 23.4 Å². The summed E-state index contributed by atoms with van der Waals surface area (Å²) >= 11 is 0. The fraction of sp³-hybridized carbons (Fsp3) is 0.400. The highest BCUT2D eigenvalue weighted by atomic mass is 16.5. The zero-order valence-electron chi connectivity index (χ0n) is 11.8. The van der Waals surface area contributed by atoms with E-state index in [0.29, 0.717) is 6.61 Å². The van der Waals surface area contributed by atoms with E-state index in [0.717, 1.165) is 24.5 Å². The van der Waals surface area contributed by atoms with Gasteiger partial charge in [0.05, 0.1) is 5.69 Å². The molecule has 0 radical (unpaired) electrons. The second-order valence-corrected chi connectivity index (χ2v) is 4.71. The van der Waals surface area contributed by atoms with Gasteiger partial charge in [-0.3, -0.25) is 0 Å². The largest absolute Gasteiger partial charge is 0.473 e. The second-order valence-electron chi connectivity index (χ2n) is 4.71. The monoisotopic (exact) mass is 259 g/mol. The first-order chi connectivity index (χ1) is 9.19. The van der Waals surface area contributed by atoms with Crippen molar-refractivity contribution in [1.29, 1.82) is 0 Å². The molecule has 0 bridgehead atoms. The summed E-state index contributed by atoms with van der Waals surface area (Å²) in [5.41, 5.74) is 3.49. The third-order valence-corrected chi connectivity index (χ3v) is 3.03. The first-order valence-electron chi connectivity index (χ1n) is 6.55. The fourth-order valence-electron chi connectivity index (χ4n) is 1.95. The van der Waals surface area contributed by atoms with Gasteiger partial charge in [0.1, 0.15) is 6.61 Å². The molecule has 0 atom stereocenters. The molecule has 2 aromatic rings. The quantitative estimate of drug-likeness (QED) is 0.863. The summed E-state index contributed by atoms with van der Waals surface area (Å²) in [6.45, 7) is 3.54. The summed E-state index contributed by atoms with van der Waals surface area (Å²) in [4.78, 5) is 0. The molecule has 1 aromatic heterocycles. The number of benzene rings is 1. The van der Waals surface area contributed by atoms with Crippen LogP contribution in [-0.2, 0) is 20.1 Å². The van der Waals surface area contributed by atoms with E-state index < -0.39 is 0 Å². The second kappa shape index (κ2) is 6.38. The van der Waals surface area contributed by atoms with E-state index in [-0.39, 0.29) is 0 Å². The molecule has 102 valence electrons. The number of rotatable bonds is 6. The number of likely N-dealkylation sites (N-methyl/N-ethyl adjacent to an activating group) is 1. The normalized spacial score (nSPS) is 10.7. The lowest BCUT2D eigenvalue weighted by atomic mass is 10.1. The molecule has 4 heteroatoms. The average Bonchev–Trinajstić information content (AvgIpc) is 2.73. The lowest BCUT2D eigenvalue weighted by molar-refractivity contribution is 0.279. The van der Waals surface area contributed by atoms with Crippen LogP contribution in [0.1, 0.15) is 16.8 Å². The molecule has 0 unspecified atom stereocenters. The van der Waals surface area contributed by atoms with Crippen molar-refractivity contribution in [2.75, 3.05) is 13.6 Å². The Morgan fingerprint density at radius 3 is 2.47 bits per heavy atom. The summed E-state index contributed by atoms with van der Waals surface area (Å²) in [5, 5.41) is 7.41. The molecule has 0 spiro atoms. The fourth-order valence-corrected chi connectivity index (χ4v) is 1.95. The minimum Gasteiger partial charge on any atom is -0.473 e. The highest BCUT2D eigenvalue weighted by Gasteiger charge is 2.03. The van der Waals surface area contributed by atoms with E-state index in [1.54, 1.807) is 4.68 Å². The lowest BCUT2D eigenvalue weighted by Crippen LogP contribution is -2.10. The van der Waals surface area contributed by atoms with Gasteiger partial charge in [0.15, 0.2) is 0 Å². The zero-order valence-corrected chi connectivity index (χ0v) is 11.8. The van der Waals surface area contributed by atoms with Crippen LogP contribution in [0.3, 0.4) is 0 Å². The summed E-state index contributed by atoms with van der Waals surface area (Å²) in [6.07, 6.45) is 1.05. The van der Waals surface area contributed by atoms with E-state index >= 15 is 0 Å². The minimum atomic E-state index is 0.575. The van der Waals surface area contributed by atoms with Crippen molar-refractivity contribution in [2.45, 2.75) is 20.0 Å². The van der Waals surface area contributed by atoms with Gasteiger partial charge >= 0.3 is 0 Å². The van der Waals surface area contributed by atoms with E-state index in [1.807, 2.05) is 27.1 Å². The predicted molar refractivity (Wildman–Crippen MR) is 76.3 cm³/mol. The van der Waals surface area contributed by atoms with Gasteiger partial charge < -0.3 is 10.1 Å². The van der Waals surface area contributed by atoms with Crippen molar-refractivity contribution in [2.24, 2.45) is 7.05 Å². The number of nitrogens with one attached hydrogen (secondary N) is 1. The molecule has 0 saturated heterocycles. The molecule has 19 heavy (non-hydrogen) atoms. The highest BCUT2D eigenvalue weighted by Crippen LogP contribution is 2.14. The Bertz CT molecular complexity index is 517. The van der Waals surface area contributed by atoms with Gasteiger partial charge in [0.25, 0.3) is 0 Å². The van der Waals surface area contributed by atoms with Crippen molar-refractivity contribution < 1.29 is 4.74 Å². The van der Waals surface area contributed by atoms with Gasteiger partial charge in [-0.1, -0.05) is 24.3 Å². The molecule has 1 N–H and O–H groups in total. The Labute approximate surface area is 114 Å². The Morgan fingerprint density at radius 2 is 1.89 bits per heavy atom. The van der Waals surface area contributed by atoms with Crippen LogP contribution in [0.2, 0.25) is 0 Å². The van der Waals surface area contributed by atoms with Crippen molar-refractivity contribution in [1.82, 2.24) is 15.1 Å². The van der Waals surface area contributed by atoms with Crippen molar-refractivity contribution in [3.05, 3.63) is 47.2 Å². The SMILES string of the molecule is CNCCc1ccc(COc2cc(C)nn2C)cc1. The van der Waals surface area contributed by atoms with Crippen LogP contribution in [0.5, 0.6) is 5.88 Å². The smallest absolute Gasteiger partial charge is 0.212 e. The number of aromatic nitrogens is 2. The summed E-state index contributed by atoms with van der Waals surface area (Å²) < 4.78 is 7.51. The number of hydrogen-bond donors (Lipinski definition) is 1. The molecular weight excluding hydrogens is 238 g/mol. The first kappa shape index (κ1) is 13.6. The van der Waals surface area contributed by atoms with Crippen LogP contribution in [0.15, 0.2) is 30.3 Å². The van der Waals surface area contributed by atoms with Crippen LogP contribution in [0.25, 0.3) is 0 Å². The van der Waals surface area contributed by atoms with Crippen LogP contribution in [0.4, 0.5) is 0 Å². The molecular formula is C15H21N3O. The summed E-state index contributed by atoms with van der Waals surface area (Å²) in [5.74, 6) is 0.803. The van der Waals surface area contributed by atoms with E-state index in [1.165, 1.54) is 11.1 Å². The molecule has 0 fully saturated rings. The van der Waals surface area contributed by atoms with Gasteiger partial charge in [-0.05, 0) is 38.1 Å². The minimum absolute atomic E-state index is 0.575. The van der Waals surface area contributed by atoms with Crippen molar-refractivity contribution in [3.63, 3.8) is 0 Å². The zero-order chi connectivity index (χ0) is 13.7. The van der Waals surface area contributed by atoms with Crippen LogP contribution >= 0.6 is 0 Å². The van der Waals surface area contributed by atoms with E-state index in [2.05, 4.69) is 34.7 Å². The molecule has 0 aliphatic heterocycles. The van der Waals surface area contributed by atoms with Crippen molar-refractivity contribution in [3.8, 4) is 5.88 Å². The molecule has 0 aliphatic rings. The van der Waals surface area contributed by atoms with Gasteiger partial charge in [0, 0.05) is 13.1 Å². The highest BCUT2D eigenvalue weighted by molar-refractivity contribution is 5.23. The Morgan fingerprint density at radius 1 is 1.21 bits per heavy atom. The molecule has 2 rings (SSSR count). The number of hydrogen-bond acceptors (Lipinski definition) is 3. The van der Waals surface area contributed by atoms with Crippen LogP contribution < -0.4 is 10.1 Å². The van der Waals surface area contributed by atoms with E-state index in [9.17, 15) is 0 Å². The van der Waals surface area contributed by atoms with Gasteiger partial charge in [-0.15, -0.1) is 0 Å². The molecule has 4 nitrogen and oxygen atoms in total.